The van der Waals surface area contributed by atoms with Crippen molar-refractivity contribution in [1.82, 2.24) is 41.3 Å². The van der Waals surface area contributed by atoms with Crippen LogP contribution in [0.1, 0.15) is 439 Å². The summed E-state index contributed by atoms with van der Waals surface area (Å²) in [4.78, 5) is 74.1. The van der Waals surface area contributed by atoms with E-state index < -0.39 is 0 Å². The molecule has 0 aromatic heterocycles. The summed E-state index contributed by atoms with van der Waals surface area (Å²) in [5.41, 5.74) is 0. The van der Waals surface area contributed by atoms with Crippen molar-refractivity contribution < 1.29 is 24.0 Å². The number of carbonyl (C=O) groups excluding carboxylic acids is 5. The van der Waals surface area contributed by atoms with Crippen molar-refractivity contribution in [2.75, 3.05) is 91.6 Å². The number of rotatable bonds is 84. The fourth-order valence-corrected chi connectivity index (χ4v) is 13.9. The van der Waals surface area contributed by atoms with Gasteiger partial charge in [-0.15, -0.1) is 0 Å². The van der Waals surface area contributed by atoms with Gasteiger partial charge in [-0.2, -0.15) is 0 Å². The molecule has 100 heavy (non-hydrogen) atoms. The molecule has 0 saturated heterocycles. The van der Waals surface area contributed by atoms with E-state index in [2.05, 4.69) is 75.9 Å². The highest BCUT2D eigenvalue weighted by atomic mass is 16.2. The summed E-state index contributed by atoms with van der Waals surface area (Å²) in [7, 11) is 0. The lowest BCUT2D eigenvalue weighted by atomic mass is 10.1. The predicted molar refractivity (Wildman–Crippen MR) is 434 cm³/mol. The van der Waals surface area contributed by atoms with E-state index in [4.69, 9.17) is 0 Å². The summed E-state index contributed by atoms with van der Waals surface area (Å²) in [5.74, 6) is 0.503. The summed E-state index contributed by atoms with van der Waals surface area (Å²) in [5, 5.41) is 16.2. The summed E-state index contributed by atoms with van der Waals surface area (Å²) in [6, 6.07) is 0. The maximum absolute atomic E-state index is 13.6. The number of amides is 5. The summed E-state index contributed by atoms with van der Waals surface area (Å²) >= 11 is 0. The Morgan fingerprint density at radius 1 is 0.160 bits per heavy atom. The molecule has 0 rings (SSSR count). The lowest BCUT2D eigenvalue weighted by molar-refractivity contribution is -0.122. The van der Waals surface area contributed by atoms with Crippen LogP contribution in [0.25, 0.3) is 0 Å². The third kappa shape index (κ3) is 76.4. The molecular formula is C87H174N8O5. The molecule has 13 heteroatoms. The van der Waals surface area contributed by atoms with Crippen LogP contribution in [0, 0.1) is 0 Å². The minimum absolute atomic E-state index is 0.0723. The largest absolute Gasteiger partial charge is 0.356 e. The number of unbranched alkanes of at least 4 members (excludes halogenated alkanes) is 52. The second-order valence-corrected chi connectivity index (χ2v) is 30.8. The van der Waals surface area contributed by atoms with Crippen molar-refractivity contribution >= 4 is 29.5 Å². The topological polar surface area (TPSA) is 155 Å². The SMILES string of the molecule is CCCCCCCCCCCCCNC(=O)CCCCCN(CCC(=O)NCCCCCCCCCCCCC)CCN(CCC(=O)NCCCCCCCCCCCCC)CCN(CCC(=O)NCCCCCCCCCCCCC)CCC(=O)NCCCCCCCCCCCCC. The smallest absolute Gasteiger partial charge is 0.221 e. The molecule has 0 aliphatic heterocycles. The molecule has 0 aromatic carbocycles. The molecule has 0 saturated carbocycles. The molecule has 592 valence electrons. The average Bonchev–Trinajstić information content (AvgIpc) is 1.22. The van der Waals surface area contributed by atoms with Crippen LogP contribution in [0.15, 0.2) is 0 Å². The highest BCUT2D eigenvalue weighted by Gasteiger charge is 2.18. The van der Waals surface area contributed by atoms with Crippen LogP contribution < -0.4 is 26.6 Å². The number of carbonyl (C=O) groups is 5. The van der Waals surface area contributed by atoms with Gasteiger partial charge in [0.2, 0.25) is 29.5 Å². The maximum atomic E-state index is 13.6. The van der Waals surface area contributed by atoms with Crippen LogP contribution in [-0.2, 0) is 24.0 Å². The molecule has 0 aromatic rings. The first kappa shape index (κ1) is 97.2. The molecule has 13 nitrogen and oxygen atoms in total. The zero-order chi connectivity index (χ0) is 72.6. The molecule has 0 radical (unpaired) electrons. The Kier molecular flexibility index (Phi) is 79.6. The number of hydrogen-bond acceptors (Lipinski definition) is 8. The molecule has 5 amide bonds. The van der Waals surface area contributed by atoms with Gasteiger partial charge in [0, 0.05) is 117 Å². The fraction of sp³-hybridized carbons (Fsp3) is 0.943. The molecule has 5 N–H and O–H groups in total. The van der Waals surface area contributed by atoms with Crippen LogP contribution in [0.5, 0.6) is 0 Å². The predicted octanol–water partition coefficient (Wildman–Crippen LogP) is 22.1. The van der Waals surface area contributed by atoms with E-state index in [0.29, 0.717) is 91.0 Å². The summed E-state index contributed by atoms with van der Waals surface area (Å²) < 4.78 is 0. The Morgan fingerprint density at radius 2 is 0.310 bits per heavy atom. The molecule has 0 bridgehead atoms. The Labute approximate surface area is 622 Å². The van der Waals surface area contributed by atoms with Gasteiger partial charge in [0.05, 0.1) is 0 Å². The monoisotopic (exact) mass is 1410 g/mol. The van der Waals surface area contributed by atoms with Crippen molar-refractivity contribution in [3.63, 3.8) is 0 Å². The molecule has 0 heterocycles. The second-order valence-electron chi connectivity index (χ2n) is 30.8. The standard InChI is InChI=1S/C87H174N8O5/c1-6-11-16-21-26-31-36-41-46-51-58-69-88-83(96)64-57-56-63-74-93(75-65-84(97)89-70-59-52-47-42-37-32-27-22-17-12-7-2)79-81-95(78-68-87(100)92-73-62-55-50-45-40-35-30-25-20-15-10-5)82-80-94(76-66-85(98)90-71-60-53-48-43-38-33-28-23-18-13-8-3)77-67-86(99)91-72-61-54-49-44-39-34-29-24-19-14-9-4/h6-82H2,1-5H3,(H,88,96)(H,89,97)(H,90,98)(H,91,99)(H,92,100). The van der Waals surface area contributed by atoms with Crippen LogP contribution in [0.2, 0.25) is 0 Å². The summed E-state index contributed by atoms with van der Waals surface area (Å²) in [6.07, 6.45) is 75.5. The van der Waals surface area contributed by atoms with E-state index in [1.807, 2.05) is 0 Å². The first-order valence-electron chi connectivity index (χ1n) is 44.7. The van der Waals surface area contributed by atoms with Gasteiger partial charge in [-0.05, 0) is 51.5 Å². The van der Waals surface area contributed by atoms with Crippen molar-refractivity contribution in [1.29, 1.82) is 0 Å². The van der Waals surface area contributed by atoms with E-state index >= 15 is 0 Å². The van der Waals surface area contributed by atoms with Gasteiger partial charge in [0.1, 0.15) is 0 Å². The highest BCUT2D eigenvalue weighted by molar-refractivity contribution is 5.77. The second kappa shape index (κ2) is 81.9. The number of hydrogen-bond donors (Lipinski definition) is 5. The van der Waals surface area contributed by atoms with Crippen molar-refractivity contribution in [3.8, 4) is 0 Å². The molecule has 0 spiro atoms. The van der Waals surface area contributed by atoms with Crippen molar-refractivity contribution in [2.24, 2.45) is 0 Å². The normalized spacial score (nSPS) is 11.6. The van der Waals surface area contributed by atoms with Crippen LogP contribution in [0.3, 0.4) is 0 Å². The molecular weight excluding hydrogens is 1240 g/mol. The van der Waals surface area contributed by atoms with E-state index in [9.17, 15) is 24.0 Å². The van der Waals surface area contributed by atoms with Gasteiger partial charge in [0.15, 0.2) is 0 Å². The van der Waals surface area contributed by atoms with Gasteiger partial charge in [-0.1, -0.05) is 362 Å². The minimum atomic E-state index is 0.0723. The molecule has 0 atom stereocenters. The maximum Gasteiger partial charge on any atom is 0.221 e. The van der Waals surface area contributed by atoms with Crippen LogP contribution in [0.4, 0.5) is 0 Å². The quantitative estimate of drug-likeness (QED) is 0.0377. The van der Waals surface area contributed by atoms with Crippen LogP contribution in [-0.4, -0.2) is 136 Å². The van der Waals surface area contributed by atoms with Crippen molar-refractivity contribution in [3.05, 3.63) is 0 Å². The van der Waals surface area contributed by atoms with Gasteiger partial charge in [-0.25, -0.2) is 0 Å². The molecule has 0 fully saturated rings. The van der Waals surface area contributed by atoms with Gasteiger partial charge in [-0.3, -0.25) is 24.0 Å². The minimum Gasteiger partial charge on any atom is -0.356 e. The van der Waals surface area contributed by atoms with E-state index in [1.54, 1.807) is 0 Å². The molecule has 0 unspecified atom stereocenters. The zero-order valence-electron chi connectivity index (χ0n) is 67.8. The third-order valence-electron chi connectivity index (χ3n) is 21.0. The van der Waals surface area contributed by atoms with E-state index in [0.717, 1.165) is 110 Å². The average molecular weight is 1410 g/mol. The van der Waals surface area contributed by atoms with Crippen LogP contribution >= 0.6 is 0 Å². The lowest BCUT2D eigenvalue weighted by Gasteiger charge is -2.30. The number of nitrogens with one attached hydrogen (secondary N) is 5. The fourth-order valence-electron chi connectivity index (χ4n) is 13.9. The molecule has 0 aliphatic carbocycles. The Morgan fingerprint density at radius 3 is 0.510 bits per heavy atom. The van der Waals surface area contributed by atoms with Gasteiger partial charge in [0.25, 0.3) is 0 Å². The van der Waals surface area contributed by atoms with E-state index in [-0.39, 0.29) is 29.5 Å². The van der Waals surface area contributed by atoms with Gasteiger partial charge < -0.3 is 41.3 Å². The third-order valence-corrected chi connectivity index (χ3v) is 21.0. The Balaban J connectivity index is 6.04. The Hall–Kier alpha value is -2.77. The van der Waals surface area contributed by atoms with Crippen molar-refractivity contribution in [2.45, 2.75) is 439 Å². The first-order valence-corrected chi connectivity index (χ1v) is 44.7. The first-order chi connectivity index (χ1) is 49.2. The summed E-state index contributed by atoms with van der Waals surface area (Å²) in [6.45, 7) is 21.1. The lowest BCUT2D eigenvalue weighted by Crippen LogP contribution is -2.43. The van der Waals surface area contributed by atoms with E-state index in [1.165, 1.54) is 295 Å². The molecule has 0 aliphatic rings. The van der Waals surface area contributed by atoms with Gasteiger partial charge >= 0.3 is 0 Å². The Bertz CT molecular complexity index is 1680. The zero-order valence-corrected chi connectivity index (χ0v) is 67.8. The highest BCUT2D eigenvalue weighted by Crippen LogP contribution is 2.17. The number of nitrogens with zero attached hydrogens (tertiary/aromatic N) is 3.